The summed E-state index contributed by atoms with van der Waals surface area (Å²) in [6.07, 6.45) is 5.29. The molecule has 4 rings (SSSR count). The topological polar surface area (TPSA) is 50.8 Å². The molecule has 0 bridgehead atoms. The third-order valence-electron chi connectivity index (χ3n) is 7.06. The molecule has 5 heteroatoms. The molecule has 1 heterocycles. The first-order valence-electron chi connectivity index (χ1n) is 11.8. The van der Waals surface area contributed by atoms with Crippen LogP contribution in [0.5, 0.6) is 11.5 Å². The number of amides is 1. The Balaban J connectivity index is 1.66. The highest BCUT2D eigenvalue weighted by Gasteiger charge is 2.35. The number of methoxy groups -OCH3 is 2. The minimum Gasteiger partial charge on any atom is -0.493 e. The molecule has 2 aliphatic rings. The Morgan fingerprint density at radius 1 is 1.12 bits per heavy atom. The maximum Gasteiger partial charge on any atom is 0.223 e. The highest BCUT2D eigenvalue weighted by atomic mass is 16.5. The number of nitrogens with one attached hydrogen (secondary N) is 1. The van der Waals surface area contributed by atoms with E-state index in [2.05, 4.69) is 60.5 Å². The normalized spacial score (nSPS) is 19.9. The molecule has 1 aliphatic carbocycles. The Morgan fingerprint density at radius 3 is 2.53 bits per heavy atom. The first-order valence-corrected chi connectivity index (χ1v) is 11.8. The highest BCUT2D eigenvalue weighted by molar-refractivity contribution is 5.79. The van der Waals surface area contributed by atoms with E-state index in [-0.39, 0.29) is 23.9 Å². The fourth-order valence-electron chi connectivity index (χ4n) is 5.45. The molecule has 0 aromatic heterocycles. The molecule has 1 aliphatic heterocycles. The maximum atomic E-state index is 13.0. The van der Waals surface area contributed by atoms with E-state index in [0.29, 0.717) is 0 Å². The van der Waals surface area contributed by atoms with Gasteiger partial charge in [-0.15, -0.1) is 0 Å². The lowest BCUT2D eigenvalue weighted by atomic mass is 9.87. The zero-order valence-corrected chi connectivity index (χ0v) is 19.8. The van der Waals surface area contributed by atoms with Crippen molar-refractivity contribution in [3.05, 3.63) is 58.7 Å². The monoisotopic (exact) mass is 436 g/mol. The minimum absolute atomic E-state index is 0.00920. The first kappa shape index (κ1) is 22.7. The van der Waals surface area contributed by atoms with Crippen molar-refractivity contribution in [3.63, 3.8) is 0 Å². The van der Waals surface area contributed by atoms with Crippen LogP contribution in [0.1, 0.15) is 60.9 Å². The molecule has 1 saturated carbocycles. The van der Waals surface area contributed by atoms with E-state index in [9.17, 15) is 4.79 Å². The number of benzene rings is 2. The van der Waals surface area contributed by atoms with Crippen LogP contribution < -0.4 is 14.8 Å². The largest absolute Gasteiger partial charge is 0.493 e. The number of nitrogens with zero attached hydrogens (tertiary/aromatic N) is 1. The number of carbonyl (C=O) groups excluding carboxylic acids is 1. The van der Waals surface area contributed by atoms with Gasteiger partial charge in [-0.25, -0.2) is 0 Å². The van der Waals surface area contributed by atoms with Crippen molar-refractivity contribution < 1.29 is 14.3 Å². The van der Waals surface area contributed by atoms with Gasteiger partial charge >= 0.3 is 0 Å². The minimum atomic E-state index is -0.00920. The predicted octanol–water partition coefficient (Wildman–Crippen LogP) is 4.81. The molecule has 1 N–H and O–H groups in total. The number of hydrogen-bond acceptors (Lipinski definition) is 4. The lowest BCUT2D eigenvalue weighted by Gasteiger charge is -2.41. The molecule has 2 unspecified atom stereocenters. The highest BCUT2D eigenvalue weighted by Crippen LogP contribution is 2.40. The lowest BCUT2D eigenvalue weighted by molar-refractivity contribution is -0.126. The van der Waals surface area contributed by atoms with Crippen LogP contribution in [0.4, 0.5) is 0 Å². The van der Waals surface area contributed by atoms with Gasteiger partial charge in [-0.2, -0.15) is 0 Å². The van der Waals surface area contributed by atoms with Crippen molar-refractivity contribution in [2.45, 2.75) is 64.6 Å². The van der Waals surface area contributed by atoms with Gasteiger partial charge in [-0.1, -0.05) is 42.7 Å². The van der Waals surface area contributed by atoms with Crippen molar-refractivity contribution in [1.29, 1.82) is 0 Å². The van der Waals surface area contributed by atoms with Gasteiger partial charge in [-0.05, 0) is 61.9 Å². The predicted molar refractivity (Wildman–Crippen MR) is 127 cm³/mol. The molecule has 0 radical (unpaired) electrons. The third-order valence-corrected chi connectivity index (χ3v) is 7.06. The van der Waals surface area contributed by atoms with Crippen LogP contribution in [-0.2, 0) is 17.8 Å². The summed E-state index contributed by atoms with van der Waals surface area (Å²) in [6, 6.07) is 13.0. The van der Waals surface area contributed by atoms with Crippen molar-refractivity contribution in [3.8, 4) is 11.5 Å². The molecular formula is C27H36N2O3. The molecular weight excluding hydrogens is 400 g/mol. The molecule has 0 saturated heterocycles. The number of carbonyl (C=O) groups is 1. The van der Waals surface area contributed by atoms with Gasteiger partial charge in [0.15, 0.2) is 11.5 Å². The Labute approximate surface area is 192 Å². The zero-order chi connectivity index (χ0) is 22.7. The van der Waals surface area contributed by atoms with E-state index in [1.54, 1.807) is 14.2 Å². The van der Waals surface area contributed by atoms with Crippen LogP contribution >= 0.6 is 0 Å². The van der Waals surface area contributed by atoms with Gasteiger partial charge < -0.3 is 14.8 Å². The second kappa shape index (κ2) is 9.95. The summed E-state index contributed by atoms with van der Waals surface area (Å²) >= 11 is 0. The smallest absolute Gasteiger partial charge is 0.223 e. The van der Waals surface area contributed by atoms with Crippen LogP contribution in [0, 0.1) is 12.8 Å². The van der Waals surface area contributed by atoms with Gasteiger partial charge in [-0.3, -0.25) is 9.69 Å². The van der Waals surface area contributed by atoms with Crippen molar-refractivity contribution in [2.24, 2.45) is 5.92 Å². The first-order chi connectivity index (χ1) is 15.5. The Morgan fingerprint density at radius 2 is 1.84 bits per heavy atom. The van der Waals surface area contributed by atoms with Crippen LogP contribution in [0.2, 0.25) is 0 Å². The summed E-state index contributed by atoms with van der Waals surface area (Å²) in [5.41, 5.74) is 5.06. The molecule has 2 atom stereocenters. The molecule has 2 aromatic carbocycles. The average molecular weight is 437 g/mol. The molecule has 172 valence electrons. The zero-order valence-electron chi connectivity index (χ0n) is 19.8. The van der Waals surface area contributed by atoms with E-state index in [4.69, 9.17) is 9.47 Å². The van der Waals surface area contributed by atoms with Gasteiger partial charge in [0.25, 0.3) is 0 Å². The van der Waals surface area contributed by atoms with Crippen LogP contribution in [0.3, 0.4) is 0 Å². The Bertz CT molecular complexity index is 952. The van der Waals surface area contributed by atoms with Crippen LogP contribution in [0.25, 0.3) is 0 Å². The summed E-state index contributed by atoms with van der Waals surface area (Å²) in [5, 5.41) is 3.37. The Hall–Kier alpha value is -2.53. The van der Waals surface area contributed by atoms with E-state index >= 15 is 0 Å². The summed E-state index contributed by atoms with van der Waals surface area (Å²) in [5.74, 6) is 1.87. The quantitative estimate of drug-likeness (QED) is 0.677. The summed E-state index contributed by atoms with van der Waals surface area (Å²) in [6.45, 7) is 6.06. The maximum absolute atomic E-state index is 13.0. The van der Waals surface area contributed by atoms with Crippen molar-refractivity contribution in [1.82, 2.24) is 10.2 Å². The number of ether oxygens (including phenoxy) is 2. The lowest BCUT2D eigenvalue weighted by Crippen LogP contribution is -2.48. The number of hydrogen-bond donors (Lipinski definition) is 1. The van der Waals surface area contributed by atoms with Crippen LogP contribution in [0.15, 0.2) is 36.4 Å². The van der Waals surface area contributed by atoms with E-state index in [1.807, 2.05) is 0 Å². The van der Waals surface area contributed by atoms with Gasteiger partial charge in [0.2, 0.25) is 5.91 Å². The molecule has 5 nitrogen and oxygen atoms in total. The summed E-state index contributed by atoms with van der Waals surface area (Å²) in [7, 11) is 3.36. The van der Waals surface area contributed by atoms with E-state index in [0.717, 1.165) is 56.7 Å². The van der Waals surface area contributed by atoms with Gasteiger partial charge in [0, 0.05) is 25.0 Å². The summed E-state index contributed by atoms with van der Waals surface area (Å²) < 4.78 is 11.2. The van der Waals surface area contributed by atoms with E-state index < -0.39 is 0 Å². The average Bonchev–Trinajstić information content (AvgIpc) is 3.33. The van der Waals surface area contributed by atoms with Gasteiger partial charge in [0.05, 0.1) is 20.3 Å². The van der Waals surface area contributed by atoms with E-state index in [1.165, 1.54) is 22.3 Å². The fraction of sp³-hybridized carbons (Fsp3) is 0.519. The molecule has 2 aromatic rings. The third kappa shape index (κ3) is 4.78. The Kier molecular flexibility index (Phi) is 7.04. The molecule has 32 heavy (non-hydrogen) atoms. The molecule has 1 amide bonds. The molecule has 0 spiro atoms. The van der Waals surface area contributed by atoms with Gasteiger partial charge in [0.1, 0.15) is 0 Å². The summed E-state index contributed by atoms with van der Waals surface area (Å²) in [4.78, 5) is 15.5. The van der Waals surface area contributed by atoms with Crippen molar-refractivity contribution in [2.75, 3.05) is 20.8 Å². The standard InChI is InChI=1S/C27H36N2O3/c1-18-8-7-9-20(14-18)17-29-13-12-22-15-24(31-3)25(32-4)16-23(22)26(29)19(2)28-27(30)21-10-5-6-11-21/h7-9,14-16,19,21,26H,5-6,10-13,17H2,1-4H3,(H,28,30). The van der Waals surface area contributed by atoms with Crippen LogP contribution in [-0.4, -0.2) is 37.6 Å². The SMILES string of the molecule is COc1cc2c(cc1OC)C(C(C)NC(=O)C1CCCC1)N(Cc1cccc(C)c1)CC2. The second-order valence-electron chi connectivity index (χ2n) is 9.34. The number of aryl methyl sites for hydroxylation is 1. The molecule has 1 fully saturated rings. The number of rotatable bonds is 7. The number of fused-ring (bicyclic) bond motifs is 1. The second-order valence-corrected chi connectivity index (χ2v) is 9.34. The fourth-order valence-corrected chi connectivity index (χ4v) is 5.45. The van der Waals surface area contributed by atoms with Crippen molar-refractivity contribution >= 4 is 5.91 Å².